The van der Waals surface area contributed by atoms with Gasteiger partial charge >= 0.3 is 5.97 Å². The zero-order valence-corrected chi connectivity index (χ0v) is 15.3. The van der Waals surface area contributed by atoms with Crippen LogP contribution in [0.1, 0.15) is 11.7 Å². The number of carbonyl (C=O) groups is 3. The second-order valence-electron chi connectivity index (χ2n) is 5.89. The SMILES string of the molecule is CN(C)C(=O)[C@H](OC(=O)CNC(=O)COc1ccccc1)c1ccccc1. The molecule has 27 heavy (non-hydrogen) atoms. The van der Waals surface area contributed by atoms with E-state index < -0.39 is 18.0 Å². The highest BCUT2D eigenvalue weighted by Crippen LogP contribution is 2.19. The maximum atomic E-state index is 12.3. The van der Waals surface area contributed by atoms with Crippen LogP contribution in [0.15, 0.2) is 60.7 Å². The number of hydrogen-bond donors (Lipinski definition) is 1. The van der Waals surface area contributed by atoms with E-state index in [1.165, 1.54) is 4.90 Å². The minimum Gasteiger partial charge on any atom is -0.484 e. The van der Waals surface area contributed by atoms with Crippen LogP contribution in [0.5, 0.6) is 5.75 Å². The molecule has 1 N–H and O–H groups in total. The van der Waals surface area contributed by atoms with E-state index in [9.17, 15) is 14.4 Å². The van der Waals surface area contributed by atoms with Crippen LogP contribution in [0, 0.1) is 0 Å². The quantitative estimate of drug-likeness (QED) is 0.713. The van der Waals surface area contributed by atoms with E-state index in [2.05, 4.69) is 5.32 Å². The molecule has 0 saturated carbocycles. The van der Waals surface area contributed by atoms with Crippen molar-refractivity contribution in [3.8, 4) is 5.75 Å². The summed E-state index contributed by atoms with van der Waals surface area (Å²) in [7, 11) is 3.16. The number of esters is 1. The van der Waals surface area contributed by atoms with Gasteiger partial charge in [0.05, 0.1) is 0 Å². The van der Waals surface area contributed by atoms with Crippen molar-refractivity contribution in [2.24, 2.45) is 0 Å². The van der Waals surface area contributed by atoms with Gasteiger partial charge in [-0.3, -0.25) is 14.4 Å². The van der Waals surface area contributed by atoms with Crippen LogP contribution in [-0.2, 0) is 19.1 Å². The lowest BCUT2D eigenvalue weighted by Crippen LogP contribution is -2.37. The molecule has 142 valence electrons. The number of nitrogens with zero attached hydrogens (tertiary/aromatic N) is 1. The second kappa shape index (κ2) is 9.96. The first-order valence-corrected chi connectivity index (χ1v) is 8.37. The number of carbonyl (C=O) groups excluding carboxylic acids is 3. The van der Waals surface area contributed by atoms with Crippen molar-refractivity contribution in [3.63, 3.8) is 0 Å². The van der Waals surface area contributed by atoms with E-state index in [4.69, 9.17) is 9.47 Å². The van der Waals surface area contributed by atoms with Crippen molar-refractivity contribution < 1.29 is 23.9 Å². The summed E-state index contributed by atoms with van der Waals surface area (Å²) >= 11 is 0. The Bertz CT molecular complexity index is 762. The molecule has 0 spiro atoms. The van der Waals surface area contributed by atoms with Gasteiger partial charge in [0.1, 0.15) is 12.3 Å². The summed E-state index contributed by atoms with van der Waals surface area (Å²) in [4.78, 5) is 37.5. The van der Waals surface area contributed by atoms with Gasteiger partial charge in [0.25, 0.3) is 11.8 Å². The molecule has 2 amide bonds. The molecule has 2 rings (SSSR count). The topological polar surface area (TPSA) is 84.9 Å². The monoisotopic (exact) mass is 370 g/mol. The zero-order valence-electron chi connectivity index (χ0n) is 15.3. The Morgan fingerprint density at radius 3 is 2.15 bits per heavy atom. The van der Waals surface area contributed by atoms with Gasteiger partial charge in [0.15, 0.2) is 6.61 Å². The van der Waals surface area contributed by atoms with Crippen molar-refractivity contribution in [2.75, 3.05) is 27.2 Å². The highest BCUT2D eigenvalue weighted by Gasteiger charge is 2.26. The van der Waals surface area contributed by atoms with E-state index in [0.29, 0.717) is 11.3 Å². The fourth-order valence-electron chi connectivity index (χ4n) is 2.18. The molecule has 2 aromatic carbocycles. The third kappa shape index (κ3) is 6.47. The highest BCUT2D eigenvalue weighted by atomic mass is 16.5. The molecule has 0 aliphatic carbocycles. The van der Waals surface area contributed by atoms with Crippen LogP contribution in [0.2, 0.25) is 0 Å². The maximum Gasteiger partial charge on any atom is 0.326 e. The van der Waals surface area contributed by atoms with Crippen molar-refractivity contribution in [2.45, 2.75) is 6.10 Å². The molecule has 1 atom stereocenters. The van der Waals surface area contributed by atoms with Crippen LogP contribution < -0.4 is 10.1 Å². The number of amides is 2. The van der Waals surface area contributed by atoms with Crippen molar-refractivity contribution in [3.05, 3.63) is 66.2 Å². The van der Waals surface area contributed by atoms with Gasteiger partial charge in [-0.2, -0.15) is 0 Å². The van der Waals surface area contributed by atoms with Crippen LogP contribution in [0.3, 0.4) is 0 Å². The Balaban J connectivity index is 1.86. The Kier molecular flexibility index (Phi) is 7.37. The highest BCUT2D eigenvalue weighted by molar-refractivity contribution is 5.87. The summed E-state index contributed by atoms with van der Waals surface area (Å²) in [6.45, 7) is -0.586. The van der Waals surface area contributed by atoms with Crippen LogP contribution in [0.4, 0.5) is 0 Å². The molecule has 0 saturated heterocycles. The first-order valence-electron chi connectivity index (χ1n) is 8.37. The lowest BCUT2D eigenvalue weighted by Gasteiger charge is -2.21. The third-order valence-corrected chi connectivity index (χ3v) is 3.56. The van der Waals surface area contributed by atoms with Gasteiger partial charge < -0.3 is 19.7 Å². The van der Waals surface area contributed by atoms with E-state index in [0.717, 1.165) is 0 Å². The Morgan fingerprint density at radius 2 is 1.56 bits per heavy atom. The number of para-hydroxylation sites is 1. The Morgan fingerprint density at radius 1 is 0.963 bits per heavy atom. The fourth-order valence-corrected chi connectivity index (χ4v) is 2.18. The van der Waals surface area contributed by atoms with E-state index in [1.807, 2.05) is 6.07 Å². The predicted molar refractivity (Wildman–Crippen MR) is 98.9 cm³/mol. The lowest BCUT2D eigenvalue weighted by molar-refractivity contribution is -0.159. The van der Waals surface area contributed by atoms with E-state index in [1.54, 1.807) is 68.7 Å². The van der Waals surface area contributed by atoms with Crippen molar-refractivity contribution in [1.82, 2.24) is 10.2 Å². The number of ether oxygens (including phenoxy) is 2. The largest absolute Gasteiger partial charge is 0.484 e. The molecule has 0 aliphatic rings. The summed E-state index contributed by atoms with van der Waals surface area (Å²) in [6.07, 6.45) is -1.06. The van der Waals surface area contributed by atoms with Gasteiger partial charge in [-0.25, -0.2) is 0 Å². The molecule has 0 fully saturated rings. The number of hydrogen-bond acceptors (Lipinski definition) is 5. The van der Waals surface area contributed by atoms with Crippen LogP contribution in [-0.4, -0.2) is 49.9 Å². The number of rotatable bonds is 8. The minimum atomic E-state index is -1.06. The maximum absolute atomic E-state index is 12.3. The van der Waals surface area contributed by atoms with Crippen molar-refractivity contribution >= 4 is 17.8 Å². The summed E-state index contributed by atoms with van der Waals surface area (Å²) < 4.78 is 10.6. The smallest absolute Gasteiger partial charge is 0.326 e. The summed E-state index contributed by atoms with van der Waals surface area (Å²) in [5.41, 5.74) is 0.559. The Labute approximate surface area is 157 Å². The van der Waals surface area contributed by atoms with Gasteiger partial charge in [0.2, 0.25) is 6.10 Å². The van der Waals surface area contributed by atoms with Crippen LogP contribution >= 0.6 is 0 Å². The predicted octanol–water partition coefficient (Wildman–Crippen LogP) is 1.55. The Hall–Kier alpha value is -3.35. The average molecular weight is 370 g/mol. The minimum absolute atomic E-state index is 0.226. The first kappa shape index (κ1) is 20.0. The van der Waals surface area contributed by atoms with Gasteiger partial charge in [0, 0.05) is 19.7 Å². The molecule has 0 aromatic heterocycles. The molecule has 2 aromatic rings. The van der Waals surface area contributed by atoms with Gasteiger partial charge in [-0.05, 0) is 12.1 Å². The number of likely N-dealkylation sites (N-methyl/N-ethyl adjacent to an activating group) is 1. The van der Waals surface area contributed by atoms with Gasteiger partial charge in [-0.1, -0.05) is 48.5 Å². The second-order valence-corrected chi connectivity index (χ2v) is 5.89. The first-order chi connectivity index (χ1) is 13.0. The summed E-state index contributed by atoms with van der Waals surface area (Å²) in [6, 6.07) is 17.6. The molecule has 0 aliphatic heterocycles. The molecule has 0 bridgehead atoms. The molecule has 0 unspecified atom stereocenters. The molecule has 7 heteroatoms. The standard InChI is InChI=1S/C20H22N2O5/c1-22(2)20(25)19(15-9-5-3-6-10-15)27-18(24)13-21-17(23)14-26-16-11-7-4-8-12-16/h3-12,19H,13-14H2,1-2H3,(H,21,23)/t19-/m1/s1. The average Bonchev–Trinajstić information content (AvgIpc) is 2.69. The third-order valence-electron chi connectivity index (χ3n) is 3.56. The zero-order chi connectivity index (χ0) is 19.6. The van der Waals surface area contributed by atoms with Crippen molar-refractivity contribution in [1.29, 1.82) is 0 Å². The normalized spacial score (nSPS) is 11.2. The molecule has 0 heterocycles. The summed E-state index contributed by atoms with van der Waals surface area (Å²) in [5.74, 6) is -0.998. The summed E-state index contributed by atoms with van der Waals surface area (Å²) in [5, 5.41) is 2.41. The molecule has 7 nitrogen and oxygen atoms in total. The lowest BCUT2D eigenvalue weighted by atomic mass is 10.1. The number of nitrogens with one attached hydrogen (secondary N) is 1. The molecule has 0 radical (unpaired) electrons. The molecular weight excluding hydrogens is 348 g/mol. The van der Waals surface area contributed by atoms with Gasteiger partial charge in [-0.15, -0.1) is 0 Å². The van der Waals surface area contributed by atoms with Crippen LogP contribution in [0.25, 0.3) is 0 Å². The van der Waals surface area contributed by atoms with E-state index in [-0.39, 0.29) is 19.1 Å². The molecular formula is C20H22N2O5. The number of benzene rings is 2. The fraction of sp³-hybridized carbons (Fsp3) is 0.250. The van der Waals surface area contributed by atoms with E-state index >= 15 is 0 Å².